The molecule has 9 aromatic carbocycles. The molecule has 0 saturated carbocycles. The van der Waals surface area contributed by atoms with Crippen molar-refractivity contribution in [1.82, 2.24) is 14.5 Å². The first-order chi connectivity index (χ1) is 25.8. The zero-order chi connectivity index (χ0) is 33.9. The Hall–Kier alpha value is -7.04. The van der Waals surface area contributed by atoms with Gasteiger partial charge in [0.1, 0.15) is 11.2 Å². The molecule has 240 valence electrons. The predicted octanol–water partition coefficient (Wildman–Crippen LogP) is 12.9. The molecule has 4 nitrogen and oxygen atoms in total. The maximum Gasteiger partial charge on any atom is 0.135 e. The van der Waals surface area contributed by atoms with Gasteiger partial charge in [0.15, 0.2) is 0 Å². The van der Waals surface area contributed by atoms with Gasteiger partial charge in [-0.25, -0.2) is 9.97 Å². The van der Waals surface area contributed by atoms with Crippen molar-refractivity contribution in [3.8, 4) is 28.2 Å². The molecule has 0 N–H and O–H groups in total. The first-order valence-electron chi connectivity index (χ1n) is 17.7. The van der Waals surface area contributed by atoms with Crippen molar-refractivity contribution >= 4 is 87.1 Å². The van der Waals surface area contributed by atoms with Gasteiger partial charge in [0.2, 0.25) is 0 Å². The van der Waals surface area contributed by atoms with Gasteiger partial charge in [0.05, 0.1) is 39.1 Å². The van der Waals surface area contributed by atoms with Gasteiger partial charge in [-0.05, 0) is 75.5 Å². The quantitative estimate of drug-likeness (QED) is 0.189. The maximum absolute atomic E-state index is 6.68. The minimum atomic E-state index is 0.873. The summed E-state index contributed by atoms with van der Waals surface area (Å²) in [7, 11) is 0. The van der Waals surface area contributed by atoms with Gasteiger partial charge in [-0.15, -0.1) is 0 Å². The van der Waals surface area contributed by atoms with Crippen LogP contribution in [0.5, 0.6) is 0 Å². The van der Waals surface area contributed by atoms with Gasteiger partial charge in [-0.1, -0.05) is 115 Å². The van der Waals surface area contributed by atoms with Crippen LogP contribution in [-0.4, -0.2) is 14.5 Å². The summed E-state index contributed by atoms with van der Waals surface area (Å²) in [6, 6.07) is 58.1. The number of fused-ring (bicyclic) bond motifs is 3. The Morgan fingerprint density at radius 3 is 1.56 bits per heavy atom. The zero-order valence-corrected chi connectivity index (χ0v) is 27.8. The average Bonchev–Trinajstić information content (AvgIpc) is 3.46. The lowest BCUT2D eigenvalue weighted by Gasteiger charge is -2.17. The zero-order valence-electron chi connectivity index (χ0n) is 27.8. The van der Waals surface area contributed by atoms with Crippen molar-refractivity contribution in [2.45, 2.75) is 0 Å². The minimum absolute atomic E-state index is 0.873. The van der Waals surface area contributed by atoms with Crippen LogP contribution >= 0.6 is 0 Å². The second kappa shape index (κ2) is 10.3. The smallest absolute Gasteiger partial charge is 0.135 e. The van der Waals surface area contributed by atoms with Gasteiger partial charge in [-0.2, -0.15) is 0 Å². The van der Waals surface area contributed by atoms with E-state index in [0.717, 1.165) is 88.4 Å². The van der Waals surface area contributed by atoms with Crippen molar-refractivity contribution in [1.29, 1.82) is 0 Å². The van der Waals surface area contributed by atoms with Crippen LogP contribution < -0.4 is 0 Å². The molecule has 0 spiro atoms. The van der Waals surface area contributed by atoms with Crippen LogP contribution in [0.2, 0.25) is 0 Å². The van der Waals surface area contributed by atoms with Crippen LogP contribution in [0.3, 0.4) is 0 Å². The van der Waals surface area contributed by atoms with E-state index >= 15 is 0 Å². The molecule has 0 fully saturated rings. The van der Waals surface area contributed by atoms with Crippen molar-refractivity contribution < 1.29 is 4.42 Å². The fraction of sp³-hybridized carbons (Fsp3) is 0. The van der Waals surface area contributed by atoms with E-state index < -0.39 is 0 Å². The highest BCUT2D eigenvalue weighted by Crippen LogP contribution is 2.46. The third-order valence-electron chi connectivity index (χ3n) is 10.9. The highest BCUT2D eigenvalue weighted by Gasteiger charge is 2.24. The second-order valence-corrected chi connectivity index (χ2v) is 13.7. The molecule has 4 heteroatoms. The fourth-order valence-electron chi connectivity index (χ4n) is 8.72. The van der Waals surface area contributed by atoms with E-state index in [2.05, 4.69) is 150 Å². The number of benzene rings is 9. The van der Waals surface area contributed by atoms with Crippen molar-refractivity contribution in [2.24, 2.45) is 0 Å². The molecule has 12 aromatic rings. The minimum Gasteiger partial charge on any atom is -0.456 e. The van der Waals surface area contributed by atoms with Crippen molar-refractivity contribution in [2.75, 3.05) is 0 Å². The number of rotatable bonds is 3. The summed E-state index contributed by atoms with van der Waals surface area (Å²) in [6.45, 7) is 0. The van der Waals surface area contributed by atoms with E-state index in [-0.39, 0.29) is 0 Å². The van der Waals surface area contributed by atoms with E-state index in [1.807, 2.05) is 18.2 Å². The Kier molecular flexibility index (Phi) is 5.47. The molecule has 0 aliphatic heterocycles. The molecular formula is C48H27N3O. The standard InChI is InChI=1S/C48H27N3O/c1-2-14-31-28(10-1)11-7-17-34(31)47-48(50-37-19-6-5-18-36(37)49-47)35-24-27-38(33-16-4-3-15-32(33)35)51-39-25-22-29-12-8-20-41-43(29)45(39)46-40(51)26-23-30-13-9-21-42(52-41)44(30)46/h1-27H. The molecule has 0 aliphatic rings. The molecule has 0 atom stereocenters. The second-order valence-electron chi connectivity index (χ2n) is 13.7. The number of hydrogen-bond acceptors (Lipinski definition) is 3. The van der Waals surface area contributed by atoms with E-state index in [0.29, 0.717) is 0 Å². The molecule has 0 amide bonds. The Morgan fingerprint density at radius 1 is 0.365 bits per heavy atom. The molecular weight excluding hydrogens is 635 g/mol. The maximum atomic E-state index is 6.68. The Morgan fingerprint density at radius 2 is 0.885 bits per heavy atom. The van der Waals surface area contributed by atoms with Crippen LogP contribution in [0.4, 0.5) is 0 Å². The monoisotopic (exact) mass is 661 g/mol. The summed E-state index contributed by atoms with van der Waals surface area (Å²) in [5.41, 5.74) is 10.8. The number of hydrogen-bond donors (Lipinski definition) is 0. The molecule has 3 heterocycles. The third kappa shape index (κ3) is 3.70. The fourth-order valence-corrected chi connectivity index (χ4v) is 8.72. The van der Waals surface area contributed by atoms with E-state index in [4.69, 9.17) is 14.4 Å². The normalized spacial score (nSPS) is 12.2. The van der Waals surface area contributed by atoms with E-state index in [1.165, 1.54) is 26.9 Å². The van der Waals surface area contributed by atoms with Crippen LogP contribution in [0.15, 0.2) is 168 Å². The van der Waals surface area contributed by atoms with Crippen LogP contribution in [0, 0.1) is 0 Å². The van der Waals surface area contributed by atoms with Crippen LogP contribution in [0.25, 0.3) is 115 Å². The summed E-state index contributed by atoms with van der Waals surface area (Å²) < 4.78 is 9.13. The lowest BCUT2D eigenvalue weighted by atomic mass is 9.94. The van der Waals surface area contributed by atoms with Crippen molar-refractivity contribution in [3.05, 3.63) is 164 Å². The highest BCUT2D eigenvalue weighted by molar-refractivity contribution is 6.33. The highest BCUT2D eigenvalue weighted by atomic mass is 16.3. The van der Waals surface area contributed by atoms with E-state index in [1.54, 1.807) is 0 Å². The van der Waals surface area contributed by atoms with Crippen molar-refractivity contribution in [3.63, 3.8) is 0 Å². The summed E-state index contributed by atoms with van der Waals surface area (Å²) in [5.74, 6) is 0. The van der Waals surface area contributed by atoms with Gasteiger partial charge in [0.25, 0.3) is 0 Å². The van der Waals surface area contributed by atoms with Crippen LogP contribution in [0.1, 0.15) is 0 Å². The molecule has 0 saturated heterocycles. The lowest BCUT2D eigenvalue weighted by molar-refractivity contribution is 0.664. The molecule has 52 heavy (non-hydrogen) atoms. The summed E-state index contributed by atoms with van der Waals surface area (Å²) >= 11 is 0. The molecule has 0 aliphatic carbocycles. The van der Waals surface area contributed by atoms with Crippen LogP contribution in [-0.2, 0) is 0 Å². The van der Waals surface area contributed by atoms with Gasteiger partial charge in [0, 0.05) is 38.1 Å². The number of nitrogens with zero attached hydrogens (tertiary/aromatic N) is 3. The molecule has 3 aromatic heterocycles. The van der Waals surface area contributed by atoms with Gasteiger partial charge >= 0.3 is 0 Å². The Balaban J connectivity index is 1.20. The average molecular weight is 662 g/mol. The predicted molar refractivity (Wildman–Crippen MR) is 216 cm³/mol. The third-order valence-corrected chi connectivity index (χ3v) is 10.9. The Labute approximate surface area is 297 Å². The number of aromatic nitrogens is 3. The molecule has 12 rings (SSSR count). The van der Waals surface area contributed by atoms with Gasteiger partial charge in [-0.3, -0.25) is 0 Å². The van der Waals surface area contributed by atoms with Gasteiger partial charge < -0.3 is 8.98 Å². The summed E-state index contributed by atoms with van der Waals surface area (Å²) in [6.07, 6.45) is 0. The number of para-hydroxylation sites is 2. The first kappa shape index (κ1) is 27.7. The lowest BCUT2D eigenvalue weighted by Crippen LogP contribution is -1.99. The Bertz CT molecular complexity index is 3320. The molecule has 0 unspecified atom stereocenters. The molecule has 0 radical (unpaired) electrons. The SMILES string of the molecule is c1ccc2c(-c3nc4ccccc4nc3-c3ccc(-n4c5ccc6cccc7oc8cccc9ccc4c(c98)c5c67)c4ccccc34)cccc2c1. The van der Waals surface area contributed by atoms with E-state index in [9.17, 15) is 0 Å². The summed E-state index contributed by atoms with van der Waals surface area (Å²) in [5, 5.41) is 11.7. The molecule has 0 bridgehead atoms. The first-order valence-corrected chi connectivity index (χ1v) is 17.7. The summed E-state index contributed by atoms with van der Waals surface area (Å²) in [4.78, 5) is 10.7. The largest absolute Gasteiger partial charge is 0.456 e. The topological polar surface area (TPSA) is 43.9 Å².